The number of nitrogens with one attached hydrogen (secondary N) is 1. The van der Waals surface area contributed by atoms with Crippen LogP contribution in [-0.2, 0) is 9.53 Å². The Labute approximate surface area is 173 Å². The van der Waals surface area contributed by atoms with Crippen molar-refractivity contribution in [3.05, 3.63) is 48.4 Å². The van der Waals surface area contributed by atoms with Gasteiger partial charge in [0.25, 0.3) is 5.91 Å². The summed E-state index contributed by atoms with van der Waals surface area (Å²) in [7, 11) is 0. The number of ether oxygens (including phenoxy) is 1. The van der Waals surface area contributed by atoms with E-state index in [9.17, 15) is 19.7 Å². The van der Waals surface area contributed by atoms with Crippen LogP contribution in [0, 0.1) is 10.1 Å². The summed E-state index contributed by atoms with van der Waals surface area (Å²) in [6.07, 6.45) is 1.01. The van der Waals surface area contributed by atoms with E-state index in [1.165, 1.54) is 6.07 Å². The molecule has 0 aliphatic rings. The van der Waals surface area contributed by atoms with Crippen LogP contribution in [0.4, 0.5) is 10.1 Å². The number of hydrogen-bond donors (Lipinski definition) is 1. The topological polar surface area (TPSA) is 111 Å². The highest BCUT2D eigenvalue weighted by molar-refractivity contribution is 7.21. The van der Waals surface area contributed by atoms with Gasteiger partial charge in [0.1, 0.15) is 11.1 Å². The molecule has 0 unspecified atom stereocenters. The highest BCUT2D eigenvalue weighted by Gasteiger charge is 2.22. The van der Waals surface area contributed by atoms with Crippen LogP contribution in [0.25, 0.3) is 10.1 Å². The molecule has 3 aromatic rings. The molecule has 8 nitrogen and oxygen atoms in total. The van der Waals surface area contributed by atoms with E-state index >= 15 is 0 Å². The zero-order valence-corrected chi connectivity index (χ0v) is 16.7. The van der Waals surface area contributed by atoms with Crippen molar-refractivity contribution >= 4 is 89.6 Å². The number of amides is 1. The lowest BCUT2D eigenvalue weighted by Gasteiger charge is -2.03. The van der Waals surface area contributed by atoms with E-state index in [4.69, 9.17) is 39.5 Å². The quantitative estimate of drug-likeness (QED) is 0.321. The number of nitro groups is 1. The molecule has 140 valence electrons. The lowest BCUT2D eigenvalue weighted by molar-refractivity contribution is -0.380. The van der Waals surface area contributed by atoms with Gasteiger partial charge >= 0.3 is 11.0 Å². The zero-order chi connectivity index (χ0) is 19.7. The molecule has 0 radical (unpaired) electrons. The molecule has 0 bridgehead atoms. The summed E-state index contributed by atoms with van der Waals surface area (Å²) in [5.74, 6) is -1.51. The summed E-state index contributed by atoms with van der Waals surface area (Å²) in [6, 6.07) is 3.11. The number of carbonyl (C=O) groups excluding carboxylic acids is 2. The molecule has 1 amide bonds. The average Bonchev–Trinajstić information content (AvgIpc) is 3.17. The fourth-order valence-electron chi connectivity index (χ4n) is 2.00. The van der Waals surface area contributed by atoms with Gasteiger partial charge in [-0.3, -0.25) is 20.2 Å². The van der Waals surface area contributed by atoms with Crippen molar-refractivity contribution in [1.82, 2.24) is 4.98 Å². The largest absolute Gasteiger partial charge is 0.451 e. The third kappa shape index (κ3) is 4.30. The maximum absolute atomic E-state index is 12.2. The number of rotatable bonds is 5. The van der Waals surface area contributed by atoms with Gasteiger partial charge in [-0.2, -0.15) is 0 Å². The Morgan fingerprint density at radius 2 is 2.00 bits per heavy atom. The number of anilines is 1. The molecule has 1 aromatic carbocycles. The van der Waals surface area contributed by atoms with Crippen molar-refractivity contribution in [3.8, 4) is 0 Å². The van der Waals surface area contributed by atoms with Crippen molar-refractivity contribution in [1.29, 1.82) is 0 Å². The molecule has 0 aliphatic carbocycles. The van der Waals surface area contributed by atoms with Crippen LogP contribution in [0.15, 0.2) is 18.3 Å². The molecular weight excluding hydrogens is 461 g/mol. The first-order valence-electron chi connectivity index (χ1n) is 6.90. The number of fused-ring (bicyclic) bond motifs is 1. The summed E-state index contributed by atoms with van der Waals surface area (Å²) >= 11 is 19.9. The number of thiophene rings is 1. The summed E-state index contributed by atoms with van der Waals surface area (Å²) in [5, 5.41) is 13.9. The Hall–Kier alpha value is -1.98. The number of aromatic nitrogens is 1. The number of halogens is 3. The molecule has 2 heterocycles. The molecule has 2 aromatic heterocycles. The van der Waals surface area contributed by atoms with Gasteiger partial charge in [-0.25, -0.2) is 9.78 Å². The second-order valence-electron chi connectivity index (χ2n) is 4.89. The van der Waals surface area contributed by atoms with Gasteiger partial charge in [0.2, 0.25) is 0 Å². The summed E-state index contributed by atoms with van der Waals surface area (Å²) in [6.45, 7) is -0.620. The number of benzene rings is 1. The Bertz CT molecular complexity index is 1080. The zero-order valence-electron chi connectivity index (χ0n) is 12.8. The maximum Gasteiger partial charge on any atom is 0.350 e. The predicted molar refractivity (Wildman–Crippen MR) is 105 cm³/mol. The number of carbonyl (C=O) groups is 2. The van der Waals surface area contributed by atoms with Crippen molar-refractivity contribution < 1.29 is 19.2 Å². The van der Waals surface area contributed by atoms with Crippen LogP contribution in [-0.4, -0.2) is 28.4 Å². The fourth-order valence-corrected chi connectivity index (χ4v) is 4.91. The number of nitrogens with zero attached hydrogens (tertiary/aromatic N) is 2. The Balaban J connectivity index is 1.67. The smallest absolute Gasteiger partial charge is 0.350 e. The minimum atomic E-state index is -0.811. The molecule has 13 heteroatoms. The SMILES string of the molecule is O=C(COC(=O)c1sc2cc(Cl)cc(Cl)c2c1Cl)Nc1ncc([N+](=O)[O-])s1. The van der Waals surface area contributed by atoms with E-state index in [2.05, 4.69) is 10.3 Å². The van der Waals surface area contributed by atoms with E-state index in [0.29, 0.717) is 31.5 Å². The van der Waals surface area contributed by atoms with E-state index in [0.717, 1.165) is 17.5 Å². The van der Waals surface area contributed by atoms with Crippen molar-refractivity contribution in [2.45, 2.75) is 0 Å². The summed E-state index contributed by atoms with van der Waals surface area (Å²) < 4.78 is 5.54. The minimum Gasteiger partial charge on any atom is -0.451 e. The normalized spacial score (nSPS) is 10.8. The van der Waals surface area contributed by atoms with E-state index in [1.54, 1.807) is 6.07 Å². The second-order valence-corrected chi connectivity index (χ2v) is 8.17. The van der Waals surface area contributed by atoms with E-state index in [1.807, 2.05) is 0 Å². The van der Waals surface area contributed by atoms with Crippen LogP contribution in [0.2, 0.25) is 15.1 Å². The molecule has 0 atom stereocenters. The summed E-state index contributed by atoms with van der Waals surface area (Å²) in [4.78, 5) is 37.8. The summed E-state index contributed by atoms with van der Waals surface area (Å²) in [5.41, 5.74) is 0. The van der Waals surface area contributed by atoms with E-state index in [-0.39, 0.29) is 20.0 Å². The standard InChI is InChI=1S/C14H6Cl3N3O5S2/c15-5-1-6(16)10-7(2-5)26-12(11(10)17)13(22)25-4-8(21)19-14-18-3-9(27-14)20(23)24/h1-3H,4H2,(H,18,19,21). The lowest BCUT2D eigenvalue weighted by atomic mass is 10.2. The van der Waals surface area contributed by atoms with Gasteiger partial charge in [0.05, 0.1) is 15.0 Å². The first-order valence-corrected chi connectivity index (χ1v) is 9.67. The van der Waals surface area contributed by atoms with Crippen LogP contribution < -0.4 is 5.32 Å². The molecule has 0 aliphatic heterocycles. The Kier molecular flexibility index (Phi) is 5.82. The fraction of sp³-hybridized carbons (Fsp3) is 0.0714. The number of esters is 1. The van der Waals surface area contributed by atoms with Gasteiger partial charge in [-0.05, 0) is 23.5 Å². The van der Waals surface area contributed by atoms with Crippen LogP contribution in [0.5, 0.6) is 0 Å². The third-order valence-corrected chi connectivity index (χ3v) is 6.08. The molecule has 1 N–H and O–H groups in total. The predicted octanol–water partition coefficient (Wildman–Crippen LogP) is 5.02. The van der Waals surface area contributed by atoms with Gasteiger partial charge in [-0.15, -0.1) is 11.3 Å². The first-order chi connectivity index (χ1) is 12.8. The highest BCUT2D eigenvalue weighted by Crippen LogP contribution is 2.41. The van der Waals surface area contributed by atoms with E-state index < -0.39 is 23.4 Å². The van der Waals surface area contributed by atoms with Crippen LogP contribution in [0.1, 0.15) is 9.67 Å². The third-order valence-electron chi connectivity index (χ3n) is 3.09. The van der Waals surface area contributed by atoms with Crippen molar-refractivity contribution in [3.63, 3.8) is 0 Å². The lowest BCUT2D eigenvalue weighted by Crippen LogP contribution is -2.20. The highest BCUT2D eigenvalue weighted by atomic mass is 35.5. The Morgan fingerprint density at radius 3 is 2.67 bits per heavy atom. The maximum atomic E-state index is 12.2. The molecule has 27 heavy (non-hydrogen) atoms. The molecule has 0 fully saturated rings. The number of thiazole rings is 1. The molecule has 0 spiro atoms. The molecular formula is C14H6Cl3N3O5S2. The number of hydrogen-bond acceptors (Lipinski definition) is 8. The average molecular weight is 467 g/mol. The second kappa shape index (κ2) is 7.95. The minimum absolute atomic E-state index is 0.0177. The van der Waals surface area contributed by atoms with Gasteiger partial charge in [-0.1, -0.05) is 34.8 Å². The van der Waals surface area contributed by atoms with Crippen LogP contribution in [0.3, 0.4) is 0 Å². The molecule has 3 rings (SSSR count). The molecule has 0 saturated heterocycles. The first kappa shape index (κ1) is 19.8. The Morgan fingerprint density at radius 1 is 1.26 bits per heavy atom. The van der Waals surface area contributed by atoms with Crippen LogP contribution >= 0.6 is 57.5 Å². The monoisotopic (exact) mass is 465 g/mol. The van der Waals surface area contributed by atoms with Gasteiger partial charge < -0.3 is 4.74 Å². The van der Waals surface area contributed by atoms with Gasteiger partial charge in [0, 0.05) is 15.1 Å². The van der Waals surface area contributed by atoms with Crippen molar-refractivity contribution in [2.75, 3.05) is 11.9 Å². The molecule has 0 saturated carbocycles. The van der Waals surface area contributed by atoms with Gasteiger partial charge in [0.15, 0.2) is 11.7 Å². The van der Waals surface area contributed by atoms with Crippen molar-refractivity contribution in [2.24, 2.45) is 0 Å².